The summed E-state index contributed by atoms with van der Waals surface area (Å²) in [5.41, 5.74) is 8.28. The summed E-state index contributed by atoms with van der Waals surface area (Å²) in [7, 11) is 0. The van der Waals surface area contributed by atoms with E-state index in [1.165, 1.54) is 24.0 Å². The first-order valence-electron chi connectivity index (χ1n) is 6.75. The molecule has 1 rings (SSSR count). The van der Waals surface area contributed by atoms with Crippen molar-refractivity contribution < 1.29 is 0 Å². The lowest BCUT2D eigenvalue weighted by Crippen LogP contribution is -2.30. The molecule has 1 aromatic carbocycles. The van der Waals surface area contributed by atoms with E-state index in [1.54, 1.807) is 0 Å². The van der Waals surface area contributed by atoms with Crippen molar-refractivity contribution in [3.8, 4) is 0 Å². The molecule has 0 radical (unpaired) electrons. The third-order valence-corrected chi connectivity index (χ3v) is 3.22. The average Bonchev–Trinajstić information content (AvgIpc) is 2.36. The van der Waals surface area contributed by atoms with E-state index in [2.05, 4.69) is 43.4 Å². The Morgan fingerprint density at radius 3 is 2.53 bits per heavy atom. The predicted molar refractivity (Wildman–Crippen MR) is 75.3 cm³/mol. The van der Waals surface area contributed by atoms with Gasteiger partial charge < -0.3 is 11.1 Å². The number of hydrogen-bond acceptors (Lipinski definition) is 2. The van der Waals surface area contributed by atoms with Crippen molar-refractivity contribution in [3.63, 3.8) is 0 Å². The number of nitrogens with two attached hydrogens (primary N) is 1. The van der Waals surface area contributed by atoms with Crippen LogP contribution in [-0.2, 0) is 6.42 Å². The molecule has 0 aliphatic rings. The van der Waals surface area contributed by atoms with Crippen molar-refractivity contribution in [1.82, 2.24) is 5.32 Å². The van der Waals surface area contributed by atoms with Gasteiger partial charge in [0.2, 0.25) is 0 Å². The maximum atomic E-state index is 5.54. The van der Waals surface area contributed by atoms with E-state index in [0.29, 0.717) is 6.04 Å². The van der Waals surface area contributed by atoms with Gasteiger partial charge in [-0.05, 0) is 51.3 Å². The molecule has 2 nitrogen and oxygen atoms in total. The van der Waals surface area contributed by atoms with Gasteiger partial charge in [0.25, 0.3) is 0 Å². The molecule has 17 heavy (non-hydrogen) atoms. The van der Waals surface area contributed by atoms with Gasteiger partial charge in [-0.1, -0.05) is 36.8 Å². The van der Waals surface area contributed by atoms with Crippen LogP contribution in [0.5, 0.6) is 0 Å². The van der Waals surface area contributed by atoms with E-state index in [1.807, 2.05) is 0 Å². The topological polar surface area (TPSA) is 38.0 Å². The molecular weight excluding hydrogens is 208 g/mol. The summed E-state index contributed by atoms with van der Waals surface area (Å²) < 4.78 is 0. The van der Waals surface area contributed by atoms with Crippen molar-refractivity contribution in [2.75, 3.05) is 13.1 Å². The molecule has 96 valence electrons. The van der Waals surface area contributed by atoms with Gasteiger partial charge >= 0.3 is 0 Å². The van der Waals surface area contributed by atoms with Crippen LogP contribution >= 0.6 is 0 Å². The molecule has 0 amide bonds. The lowest BCUT2D eigenvalue weighted by molar-refractivity contribution is 0.461. The number of nitrogens with one attached hydrogen (secondary N) is 1. The van der Waals surface area contributed by atoms with Gasteiger partial charge in [0, 0.05) is 6.04 Å². The number of benzene rings is 1. The van der Waals surface area contributed by atoms with E-state index < -0.39 is 0 Å². The average molecular weight is 234 g/mol. The van der Waals surface area contributed by atoms with Crippen LogP contribution < -0.4 is 11.1 Å². The Morgan fingerprint density at radius 2 is 1.94 bits per heavy atom. The lowest BCUT2D eigenvalue weighted by atomic mass is 10.1. The molecule has 2 heteroatoms. The summed E-state index contributed by atoms with van der Waals surface area (Å²) in [5.74, 6) is 0. The van der Waals surface area contributed by atoms with Crippen LogP contribution in [-0.4, -0.2) is 19.1 Å². The van der Waals surface area contributed by atoms with Crippen molar-refractivity contribution in [1.29, 1.82) is 0 Å². The van der Waals surface area contributed by atoms with Crippen molar-refractivity contribution in [2.24, 2.45) is 5.73 Å². The molecule has 1 atom stereocenters. The molecule has 0 heterocycles. The van der Waals surface area contributed by atoms with E-state index in [-0.39, 0.29) is 0 Å². The van der Waals surface area contributed by atoms with Crippen LogP contribution in [0.1, 0.15) is 37.3 Å². The van der Waals surface area contributed by atoms with E-state index in [9.17, 15) is 0 Å². The van der Waals surface area contributed by atoms with Gasteiger partial charge in [-0.25, -0.2) is 0 Å². The van der Waals surface area contributed by atoms with E-state index >= 15 is 0 Å². The molecule has 0 saturated heterocycles. The van der Waals surface area contributed by atoms with Crippen LogP contribution in [0.2, 0.25) is 0 Å². The first-order valence-corrected chi connectivity index (χ1v) is 6.75. The van der Waals surface area contributed by atoms with Gasteiger partial charge in [-0.2, -0.15) is 0 Å². The van der Waals surface area contributed by atoms with Crippen LogP contribution in [0.25, 0.3) is 0 Å². The van der Waals surface area contributed by atoms with E-state index in [4.69, 9.17) is 5.73 Å². The minimum absolute atomic E-state index is 0.629. The Hall–Kier alpha value is -0.860. The second kappa shape index (κ2) is 8.26. The maximum absolute atomic E-state index is 5.54. The zero-order valence-corrected chi connectivity index (χ0v) is 11.2. The molecule has 0 fully saturated rings. The molecule has 1 unspecified atom stereocenters. The summed E-state index contributed by atoms with van der Waals surface area (Å²) >= 11 is 0. The standard InChI is InChI=1S/C15H26N2/c1-3-15(5-4-11-16)17-12-10-14-8-6-13(2)7-9-14/h6-9,15,17H,3-5,10-12,16H2,1-2H3. The quantitative estimate of drug-likeness (QED) is 0.725. The van der Waals surface area contributed by atoms with Gasteiger partial charge in [-0.15, -0.1) is 0 Å². The second-order valence-electron chi connectivity index (χ2n) is 4.73. The molecule has 1 aromatic rings. The Morgan fingerprint density at radius 1 is 1.24 bits per heavy atom. The van der Waals surface area contributed by atoms with Crippen LogP contribution in [0, 0.1) is 6.92 Å². The van der Waals surface area contributed by atoms with Gasteiger partial charge in [0.1, 0.15) is 0 Å². The minimum Gasteiger partial charge on any atom is -0.330 e. The fourth-order valence-corrected chi connectivity index (χ4v) is 1.99. The molecule has 0 saturated carbocycles. The maximum Gasteiger partial charge on any atom is 0.00650 e. The molecule has 0 aliphatic heterocycles. The van der Waals surface area contributed by atoms with Crippen molar-refractivity contribution >= 4 is 0 Å². The number of hydrogen-bond donors (Lipinski definition) is 2. The zero-order chi connectivity index (χ0) is 12.5. The SMILES string of the molecule is CCC(CCCN)NCCc1ccc(C)cc1. The molecular formula is C15H26N2. The fourth-order valence-electron chi connectivity index (χ4n) is 1.99. The Balaban J connectivity index is 2.23. The summed E-state index contributed by atoms with van der Waals surface area (Å²) in [5, 5.41) is 3.61. The highest BCUT2D eigenvalue weighted by molar-refractivity contribution is 5.21. The zero-order valence-electron chi connectivity index (χ0n) is 11.2. The molecule has 3 N–H and O–H groups in total. The number of aryl methyl sites for hydroxylation is 1. The summed E-state index contributed by atoms with van der Waals surface area (Å²) in [6.45, 7) is 6.23. The summed E-state index contributed by atoms with van der Waals surface area (Å²) in [4.78, 5) is 0. The highest BCUT2D eigenvalue weighted by Gasteiger charge is 2.04. The molecule has 0 aliphatic carbocycles. The number of rotatable bonds is 8. The molecule has 0 bridgehead atoms. The lowest BCUT2D eigenvalue weighted by Gasteiger charge is -2.16. The van der Waals surface area contributed by atoms with Gasteiger partial charge in [0.05, 0.1) is 0 Å². The fraction of sp³-hybridized carbons (Fsp3) is 0.600. The van der Waals surface area contributed by atoms with Gasteiger partial charge in [-0.3, -0.25) is 0 Å². The minimum atomic E-state index is 0.629. The van der Waals surface area contributed by atoms with Crippen LogP contribution in [0.15, 0.2) is 24.3 Å². The third-order valence-electron chi connectivity index (χ3n) is 3.22. The van der Waals surface area contributed by atoms with E-state index in [0.717, 1.165) is 25.9 Å². The first-order chi connectivity index (χ1) is 8.26. The predicted octanol–water partition coefficient (Wildman–Crippen LogP) is 2.64. The first kappa shape index (κ1) is 14.2. The Labute approximate surface area is 106 Å². The van der Waals surface area contributed by atoms with Crippen molar-refractivity contribution in [2.45, 2.75) is 45.6 Å². The third kappa shape index (κ3) is 5.85. The monoisotopic (exact) mass is 234 g/mol. The summed E-state index contributed by atoms with van der Waals surface area (Å²) in [6, 6.07) is 9.43. The van der Waals surface area contributed by atoms with Gasteiger partial charge in [0.15, 0.2) is 0 Å². The van der Waals surface area contributed by atoms with Crippen LogP contribution in [0.3, 0.4) is 0 Å². The van der Waals surface area contributed by atoms with Crippen molar-refractivity contribution in [3.05, 3.63) is 35.4 Å². The summed E-state index contributed by atoms with van der Waals surface area (Å²) in [6.07, 6.45) is 4.62. The Kier molecular flexibility index (Phi) is 6.90. The Bertz CT molecular complexity index is 292. The van der Waals surface area contributed by atoms with Crippen LogP contribution in [0.4, 0.5) is 0 Å². The molecule has 0 spiro atoms. The smallest absolute Gasteiger partial charge is 0.00650 e. The highest BCUT2D eigenvalue weighted by Crippen LogP contribution is 2.05. The largest absolute Gasteiger partial charge is 0.330 e. The second-order valence-corrected chi connectivity index (χ2v) is 4.73. The molecule has 0 aromatic heterocycles. The normalized spacial score (nSPS) is 12.6. The highest BCUT2D eigenvalue weighted by atomic mass is 14.9.